The molecule has 1 aliphatic rings. The maximum absolute atomic E-state index is 12.3. The molecule has 0 bridgehead atoms. The Morgan fingerprint density at radius 2 is 2.12 bits per heavy atom. The highest BCUT2D eigenvalue weighted by atomic mass is 32.1. The molecule has 1 atom stereocenters. The lowest BCUT2D eigenvalue weighted by Crippen LogP contribution is -2.12. The number of hydrogen-bond donors (Lipinski definition) is 1. The minimum absolute atomic E-state index is 0.111. The molecule has 2 heterocycles. The molecule has 17 heavy (non-hydrogen) atoms. The molecule has 96 valence electrons. The molecular formula is C9H10F3NO3S. The van der Waals surface area contributed by atoms with Crippen molar-refractivity contribution in [2.75, 3.05) is 13.2 Å². The first kappa shape index (κ1) is 12.7. The fourth-order valence-corrected chi connectivity index (χ4v) is 2.20. The topological polar surface area (TPSA) is 51.6 Å². The van der Waals surface area contributed by atoms with Crippen molar-refractivity contribution in [3.63, 3.8) is 0 Å². The van der Waals surface area contributed by atoms with Crippen LogP contribution in [-0.2, 0) is 15.7 Å². The normalized spacial score (nSPS) is 19.8. The Morgan fingerprint density at radius 3 is 2.65 bits per heavy atom. The minimum atomic E-state index is -4.47. The SMILES string of the molecule is OC(CC1OCCO1)c1cnc(C(F)(F)F)s1. The van der Waals surface area contributed by atoms with E-state index in [-0.39, 0.29) is 11.3 Å². The Bertz CT molecular complexity index is 376. The van der Waals surface area contributed by atoms with Crippen LogP contribution in [0.25, 0.3) is 0 Å². The Kier molecular flexibility index (Phi) is 3.67. The van der Waals surface area contributed by atoms with Crippen LogP contribution in [0, 0.1) is 0 Å². The zero-order valence-corrected chi connectivity index (χ0v) is 9.42. The van der Waals surface area contributed by atoms with Crippen LogP contribution < -0.4 is 0 Å². The maximum Gasteiger partial charge on any atom is 0.443 e. The fourth-order valence-electron chi connectivity index (χ4n) is 1.41. The average Bonchev–Trinajstić information content (AvgIpc) is 2.85. The van der Waals surface area contributed by atoms with Crippen LogP contribution in [0.4, 0.5) is 13.2 Å². The quantitative estimate of drug-likeness (QED) is 0.911. The van der Waals surface area contributed by atoms with Crippen LogP contribution in [0.3, 0.4) is 0 Å². The summed E-state index contributed by atoms with van der Waals surface area (Å²) in [6, 6.07) is 0. The van der Waals surface area contributed by atoms with Crippen molar-refractivity contribution < 1.29 is 27.8 Å². The third kappa shape index (κ3) is 3.15. The second-order valence-electron chi connectivity index (χ2n) is 3.49. The first-order valence-corrected chi connectivity index (χ1v) is 5.72. The van der Waals surface area contributed by atoms with E-state index in [1.165, 1.54) is 0 Å². The summed E-state index contributed by atoms with van der Waals surface area (Å²) in [5.74, 6) is 0. The lowest BCUT2D eigenvalue weighted by atomic mass is 10.2. The maximum atomic E-state index is 12.3. The summed E-state index contributed by atoms with van der Waals surface area (Å²) >= 11 is 0.434. The van der Waals surface area contributed by atoms with Gasteiger partial charge in [-0.15, -0.1) is 11.3 Å². The van der Waals surface area contributed by atoms with Gasteiger partial charge in [-0.05, 0) is 0 Å². The molecule has 1 fully saturated rings. The van der Waals surface area contributed by atoms with Gasteiger partial charge in [0.25, 0.3) is 0 Å². The Balaban J connectivity index is 1.99. The third-order valence-electron chi connectivity index (χ3n) is 2.20. The highest BCUT2D eigenvalue weighted by molar-refractivity contribution is 7.11. The van der Waals surface area contributed by atoms with Crippen LogP contribution >= 0.6 is 11.3 Å². The highest BCUT2D eigenvalue weighted by Gasteiger charge is 2.35. The van der Waals surface area contributed by atoms with Gasteiger partial charge in [0.05, 0.1) is 24.2 Å². The van der Waals surface area contributed by atoms with Gasteiger partial charge < -0.3 is 14.6 Å². The van der Waals surface area contributed by atoms with Gasteiger partial charge in [0.15, 0.2) is 11.3 Å². The van der Waals surface area contributed by atoms with Crippen LogP contribution in [0.5, 0.6) is 0 Å². The van der Waals surface area contributed by atoms with Gasteiger partial charge in [0.2, 0.25) is 0 Å². The number of halogens is 3. The molecule has 0 spiro atoms. The molecular weight excluding hydrogens is 259 g/mol. The Morgan fingerprint density at radius 1 is 1.47 bits per heavy atom. The molecule has 0 aliphatic carbocycles. The number of ether oxygens (including phenoxy) is 2. The van der Waals surface area contributed by atoms with Gasteiger partial charge >= 0.3 is 6.18 Å². The summed E-state index contributed by atoms with van der Waals surface area (Å²) in [5, 5.41) is 8.74. The van der Waals surface area contributed by atoms with E-state index in [1.807, 2.05) is 0 Å². The number of alkyl halides is 3. The number of aliphatic hydroxyl groups is 1. The second-order valence-corrected chi connectivity index (χ2v) is 4.55. The van der Waals surface area contributed by atoms with Gasteiger partial charge in [-0.1, -0.05) is 0 Å². The van der Waals surface area contributed by atoms with Crippen molar-refractivity contribution in [2.24, 2.45) is 0 Å². The lowest BCUT2D eigenvalue weighted by Gasteiger charge is -2.12. The first-order chi connectivity index (χ1) is 7.97. The lowest BCUT2D eigenvalue weighted by molar-refractivity contribution is -0.137. The molecule has 0 saturated carbocycles. The second kappa shape index (κ2) is 4.89. The highest BCUT2D eigenvalue weighted by Crippen LogP contribution is 2.35. The van der Waals surface area contributed by atoms with E-state index >= 15 is 0 Å². The first-order valence-electron chi connectivity index (χ1n) is 4.91. The van der Waals surface area contributed by atoms with Crippen molar-refractivity contribution in [3.8, 4) is 0 Å². The molecule has 0 radical (unpaired) electrons. The van der Waals surface area contributed by atoms with Crippen LogP contribution in [0.1, 0.15) is 22.4 Å². The van der Waals surface area contributed by atoms with E-state index in [2.05, 4.69) is 4.98 Å². The van der Waals surface area contributed by atoms with Crippen molar-refractivity contribution >= 4 is 11.3 Å². The number of hydrogen-bond acceptors (Lipinski definition) is 5. The molecule has 4 nitrogen and oxygen atoms in total. The molecule has 0 aromatic carbocycles. The van der Waals surface area contributed by atoms with E-state index in [4.69, 9.17) is 9.47 Å². The van der Waals surface area contributed by atoms with Crippen LogP contribution in [-0.4, -0.2) is 29.6 Å². The van der Waals surface area contributed by atoms with Crippen LogP contribution in [0.2, 0.25) is 0 Å². The molecule has 1 aliphatic heterocycles. The van der Waals surface area contributed by atoms with E-state index in [1.54, 1.807) is 0 Å². The van der Waals surface area contributed by atoms with E-state index < -0.39 is 23.6 Å². The summed E-state index contributed by atoms with van der Waals surface area (Å²) in [6.07, 6.45) is -4.93. The zero-order chi connectivity index (χ0) is 12.5. The molecule has 0 amide bonds. The van der Waals surface area contributed by atoms with Gasteiger partial charge in [0, 0.05) is 12.6 Å². The predicted molar refractivity (Wildman–Crippen MR) is 52.4 cm³/mol. The number of aliphatic hydroxyl groups excluding tert-OH is 1. The summed E-state index contributed by atoms with van der Waals surface area (Å²) < 4.78 is 47.1. The third-order valence-corrected chi connectivity index (χ3v) is 3.34. The molecule has 1 saturated heterocycles. The average molecular weight is 269 g/mol. The summed E-state index contributed by atoms with van der Waals surface area (Å²) in [4.78, 5) is 3.40. The molecule has 8 heteroatoms. The van der Waals surface area contributed by atoms with E-state index in [9.17, 15) is 18.3 Å². The van der Waals surface area contributed by atoms with E-state index in [0.29, 0.717) is 24.6 Å². The Hall–Kier alpha value is -0.700. The van der Waals surface area contributed by atoms with Gasteiger partial charge in [-0.3, -0.25) is 0 Å². The van der Waals surface area contributed by atoms with Gasteiger partial charge in [-0.2, -0.15) is 13.2 Å². The number of thiazole rings is 1. The molecule has 1 aromatic rings. The van der Waals surface area contributed by atoms with Crippen molar-refractivity contribution in [1.82, 2.24) is 4.98 Å². The largest absolute Gasteiger partial charge is 0.443 e. The van der Waals surface area contributed by atoms with Gasteiger partial charge in [0.1, 0.15) is 0 Å². The van der Waals surface area contributed by atoms with Crippen molar-refractivity contribution in [1.29, 1.82) is 0 Å². The number of aromatic nitrogens is 1. The molecule has 1 aromatic heterocycles. The molecule has 2 rings (SSSR count). The summed E-state index contributed by atoms with van der Waals surface area (Å²) in [7, 11) is 0. The van der Waals surface area contributed by atoms with E-state index in [0.717, 1.165) is 6.20 Å². The molecule has 1 N–H and O–H groups in total. The fraction of sp³-hybridized carbons (Fsp3) is 0.667. The summed E-state index contributed by atoms with van der Waals surface area (Å²) in [6.45, 7) is 0.877. The molecule has 1 unspecified atom stereocenters. The monoisotopic (exact) mass is 269 g/mol. The minimum Gasteiger partial charge on any atom is -0.387 e. The van der Waals surface area contributed by atoms with Crippen molar-refractivity contribution in [3.05, 3.63) is 16.1 Å². The smallest absolute Gasteiger partial charge is 0.387 e. The standard InChI is InChI=1S/C9H10F3NO3S/c10-9(11,12)8-13-4-6(17-8)5(14)3-7-15-1-2-16-7/h4-5,7,14H,1-3H2. The van der Waals surface area contributed by atoms with Gasteiger partial charge in [-0.25, -0.2) is 4.98 Å². The summed E-state index contributed by atoms with van der Waals surface area (Å²) in [5.41, 5.74) is 0. The zero-order valence-electron chi connectivity index (χ0n) is 8.61. The Labute approximate surface area is 99.0 Å². The van der Waals surface area contributed by atoms with Crippen LogP contribution in [0.15, 0.2) is 6.20 Å². The van der Waals surface area contributed by atoms with Crippen molar-refractivity contribution in [2.45, 2.75) is 25.0 Å². The number of nitrogens with zero attached hydrogens (tertiary/aromatic N) is 1. The predicted octanol–water partition coefficient (Wildman–Crippen LogP) is 1.96. The number of rotatable bonds is 3.